The summed E-state index contributed by atoms with van der Waals surface area (Å²) in [4.78, 5) is 0. The van der Waals surface area contributed by atoms with Crippen LogP contribution in [0, 0.1) is 21.3 Å². The van der Waals surface area contributed by atoms with Crippen molar-refractivity contribution in [3.8, 4) is 0 Å². The molecule has 39 heavy (non-hydrogen) atoms. The molecule has 0 amide bonds. The Bertz CT molecular complexity index is 1350. The number of benzene rings is 4. The van der Waals surface area contributed by atoms with Gasteiger partial charge in [-0.2, -0.15) is 12.1 Å². The third kappa shape index (κ3) is 11.1. The van der Waals surface area contributed by atoms with Gasteiger partial charge in [0, 0.05) is 11.0 Å². The molecule has 0 unspecified atom stereocenters. The fraction of sp³-hybridized carbons (Fsp3) is 0.0541. The quantitative estimate of drug-likeness (QED) is 0.108. The molecule has 0 aliphatic rings. The fourth-order valence-corrected chi connectivity index (χ4v) is 4.07. The predicted molar refractivity (Wildman–Crippen MR) is 172 cm³/mol. The van der Waals surface area contributed by atoms with E-state index < -0.39 is 0 Å². The molecule has 0 bridgehead atoms. The van der Waals surface area contributed by atoms with Gasteiger partial charge in [0.1, 0.15) is 0 Å². The second-order valence-electron chi connectivity index (χ2n) is 8.86. The largest absolute Gasteiger partial charge is 3.00 e. The maximum atomic E-state index is 2.20. The van der Waals surface area contributed by atoms with Gasteiger partial charge in [0.2, 0.25) is 0 Å². The fourth-order valence-electron chi connectivity index (χ4n) is 4.07. The van der Waals surface area contributed by atoms with E-state index in [1.165, 1.54) is 43.8 Å². The average molecular weight is 599 g/mol. The molecule has 2 heteroatoms. The van der Waals surface area contributed by atoms with Crippen LogP contribution in [-0.2, 0) is 26.2 Å². The minimum atomic E-state index is 0. The standard InChI is InChI=1S/C16H14.2C10H9.CH3.Si.Zr/c1-3-9-15(10-4-1)13-7-8-14-16-11-5-2-6-12-16;2*1-8-6-9-4-2-3-5-10(9)7-8;;;/h1-14H;2*2-7H,1H3;1H3;;/q;3*-1;;+3. The first-order valence-electron chi connectivity index (χ1n) is 12.4. The predicted octanol–water partition coefficient (Wildman–Crippen LogP) is 10.2. The van der Waals surface area contributed by atoms with E-state index in [0.29, 0.717) is 0 Å². The molecule has 0 nitrogen and oxygen atoms in total. The Morgan fingerprint density at radius 2 is 0.821 bits per heavy atom. The van der Waals surface area contributed by atoms with Crippen molar-refractivity contribution in [1.29, 1.82) is 0 Å². The van der Waals surface area contributed by atoms with Gasteiger partial charge in [-0.1, -0.05) is 111 Å². The van der Waals surface area contributed by atoms with E-state index in [1.54, 1.807) is 0 Å². The van der Waals surface area contributed by atoms with Crippen molar-refractivity contribution in [1.82, 2.24) is 0 Å². The molecule has 6 rings (SSSR count). The van der Waals surface area contributed by atoms with Crippen LogP contribution >= 0.6 is 0 Å². The van der Waals surface area contributed by atoms with Crippen molar-refractivity contribution < 1.29 is 26.2 Å². The number of aryl methyl sites for hydroxylation is 2. The topological polar surface area (TPSA) is 0 Å². The monoisotopic (exact) mass is 597 g/mol. The van der Waals surface area contributed by atoms with Crippen LogP contribution in [0.3, 0.4) is 0 Å². The third-order valence-electron chi connectivity index (χ3n) is 5.81. The number of allylic oxidation sites excluding steroid dienone is 2. The van der Waals surface area contributed by atoms with Crippen LogP contribution in [0.1, 0.15) is 22.3 Å². The summed E-state index contributed by atoms with van der Waals surface area (Å²) in [6.45, 7) is 4.25. The number of fused-ring (bicyclic) bond motifs is 2. The average Bonchev–Trinajstić information content (AvgIpc) is 3.49. The minimum Gasteiger partial charge on any atom is -0.358 e. The van der Waals surface area contributed by atoms with Crippen molar-refractivity contribution in [2.24, 2.45) is 0 Å². The Labute approximate surface area is 258 Å². The van der Waals surface area contributed by atoms with Crippen molar-refractivity contribution in [2.45, 2.75) is 13.8 Å². The van der Waals surface area contributed by atoms with E-state index in [0.717, 1.165) is 0 Å². The molecule has 191 valence electrons. The van der Waals surface area contributed by atoms with Crippen LogP contribution in [0.2, 0.25) is 0 Å². The Hall–Kier alpha value is -3.32. The first kappa shape index (κ1) is 33.7. The van der Waals surface area contributed by atoms with Crippen LogP contribution < -0.4 is 0 Å². The van der Waals surface area contributed by atoms with Gasteiger partial charge >= 0.3 is 26.2 Å². The molecule has 0 saturated heterocycles. The Morgan fingerprint density at radius 1 is 0.487 bits per heavy atom. The first-order chi connectivity index (χ1) is 17.7. The Balaban J connectivity index is 0.000000292. The second-order valence-corrected chi connectivity index (χ2v) is 8.86. The van der Waals surface area contributed by atoms with E-state index >= 15 is 0 Å². The second kappa shape index (κ2) is 18.1. The summed E-state index contributed by atoms with van der Waals surface area (Å²) in [6.07, 6.45) is 8.31. The first-order valence-corrected chi connectivity index (χ1v) is 12.4. The van der Waals surface area contributed by atoms with Gasteiger partial charge < -0.3 is 7.43 Å². The minimum absolute atomic E-state index is 0. The van der Waals surface area contributed by atoms with Crippen LogP contribution in [0.4, 0.5) is 0 Å². The molecular formula is C37H35SiZr. The summed E-state index contributed by atoms with van der Waals surface area (Å²) in [5.74, 6) is 0. The van der Waals surface area contributed by atoms with E-state index in [1.807, 2.05) is 36.4 Å². The van der Waals surface area contributed by atoms with E-state index in [-0.39, 0.29) is 44.6 Å². The SMILES string of the molecule is C(C=Cc1ccccc1)=Cc1ccccc1.Cc1cc2ccccc2[cH-]1.Cc1cc2ccccc2[cH-]1.[CH3-].[Si].[Zr+3]. The Morgan fingerprint density at radius 3 is 1.18 bits per heavy atom. The molecule has 0 saturated carbocycles. The zero-order valence-electron chi connectivity index (χ0n) is 23.0. The zero-order chi connectivity index (χ0) is 25.0. The van der Waals surface area contributed by atoms with Crippen molar-refractivity contribution >= 4 is 44.7 Å². The summed E-state index contributed by atoms with van der Waals surface area (Å²) in [7, 11) is 0. The van der Waals surface area contributed by atoms with Crippen molar-refractivity contribution in [2.75, 3.05) is 0 Å². The summed E-state index contributed by atoms with van der Waals surface area (Å²) in [5, 5.41) is 5.39. The molecule has 0 aromatic heterocycles. The molecule has 0 aliphatic carbocycles. The molecule has 0 N–H and O–H groups in total. The van der Waals surface area contributed by atoms with Crippen LogP contribution in [-0.4, -0.2) is 11.0 Å². The molecular weight excluding hydrogens is 564 g/mol. The number of hydrogen-bond donors (Lipinski definition) is 0. The van der Waals surface area contributed by atoms with Gasteiger partial charge in [-0.3, -0.25) is 0 Å². The van der Waals surface area contributed by atoms with Gasteiger partial charge in [0.15, 0.2) is 0 Å². The van der Waals surface area contributed by atoms with Crippen LogP contribution in [0.5, 0.6) is 0 Å². The van der Waals surface area contributed by atoms with E-state index in [4.69, 9.17) is 0 Å². The van der Waals surface area contributed by atoms with E-state index in [9.17, 15) is 0 Å². The molecule has 0 atom stereocenters. The third-order valence-corrected chi connectivity index (χ3v) is 5.81. The molecule has 6 aromatic carbocycles. The Kier molecular flexibility index (Phi) is 15.6. The maximum absolute atomic E-state index is 2.20. The normalized spacial score (nSPS) is 10.0. The summed E-state index contributed by atoms with van der Waals surface area (Å²) < 4.78 is 0. The summed E-state index contributed by atoms with van der Waals surface area (Å²) >= 11 is 0. The number of rotatable bonds is 3. The van der Waals surface area contributed by atoms with E-state index in [2.05, 4.69) is 135 Å². The van der Waals surface area contributed by atoms with Gasteiger partial charge in [-0.05, 0) is 11.1 Å². The zero-order valence-corrected chi connectivity index (χ0v) is 26.5. The molecule has 6 aromatic rings. The van der Waals surface area contributed by atoms with Gasteiger partial charge in [0.25, 0.3) is 0 Å². The number of hydrogen-bond acceptors (Lipinski definition) is 0. The smallest absolute Gasteiger partial charge is 0.358 e. The molecule has 5 radical (unpaired) electrons. The van der Waals surface area contributed by atoms with Gasteiger partial charge in [-0.25, -0.2) is 0 Å². The van der Waals surface area contributed by atoms with Crippen LogP contribution in [0.15, 0.2) is 146 Å². The van der Waals surface area contributed by atoms with Gasteiger partial charge in [0.05, 0.1) is 0 Å². The summed E-state index contributed by atoms with van der Waals surface area (Å²) in [6, 6.07) is 46.2. The van der Waals surface area contributed by atoms with Crippen molar-refractivity contribution in [3.63, 3.8) is 0 Å². The van der Waals surface area contributed by atoms with Crippen LogP contribution in [0.25, 0.3) is 33.7 Å². The molecule has 0 fully saturated rings. The van der Waals surface area contributed by atoms with Gasteiger partial charge in [-0.15, -0.1) is 81.2 Å². The molecule has 0 aliphatic heterocycles. The van der Waals surface area contributed by atoms with Crippen molar-refractivity contribution in [3.05, 3.63) is 175 Å². The maximum Gasteiger partial charge on any atom is 3.00 e. The molecule has 0 heterocycles. The molecule has 0 spiro atoms. The summed E-state index contributed by atoms with van der Waals surface area (Å²) in [5.41, 5.74) is 5.14.